The molecule has 0 aromatic heterocycles. The van der Waals surface area contributed by atoms with Crippen molar-refractivity contribution in [2.24, 2.45) is 0 Å². The molecule has 2 atom stereocenters. The van der Waals surface area contributed by atoms with Gasteiger partial charge in [0.05, 0.1) is 25.4 Å². The zero-order chi connectivity index (χ0) is 58.5. The van der Waals surface area contributed by atoms with Crippen LogP contribution in [0.25, 0.3) is 0 Å². The molecule has 0 aliphatic heterocycles. The zero-order valence-electron chi connectivity index (χ0n) is 55.6. The number of nitrogens with one attached hydrogen (secondary N) is 1. The van der Waals surface area contributed by atoms with Crippen LogP contribution >= 0.6 is 0 Å². The third kappa shape index (κ3) is 67.9. The second-order valence-electron chi connectivity index (χ2n) is 26.4. The number of hydrogen-bond acceptors (Lipinski definition) is 5. The summed E-state index contributed by atoms with van der Waals surface area (Å²) >= 11 is 0. The highest BCUT2D eigenvalue weighted by atomic mass is 16.5. The molecule has 0 radical (unpaired) electrons. The molecule has 1 amide bonds. The van der Waals surface area contributed by atoms with Crippen LogP contribution in [0.1, 0.15) is 444 Å². The van der Waals surface area contributed by atoms with Crippen molar-refractivity contribution in [3.05, 3.63) is 0 Å². The lowest BCUT2D eigenvalue weighted by molar-refractivity contribution is -0.143. The molecule has 0 spiro atoms. The van der Waals surface area contributed by atoms with Crippen molar-refractivity contribution < 1.29 is 24.5 Å². The molecule has 0 aromatic carbocycles. The van der Waals surface area contributed by atoms with Crippen molar-refractivity contribution in [2.75, 3.05) is 13.2 Å². The SMILES string of the molecule is CCCCCCCCCCCCCCCCC(O)C(CO)NC(=O)CCCCCCCCCCCCCCCCCCCCCCCCCCCCCCCCCCCCCCCOC(=O)CCCCCCCCCCCCCCC. The molecule has 0 fully saturated rings. The Morgan fingerprint density at radius 1 is 0.296 bits per heavy atom. The fourth-order valence-corrected chi connectivity index (χ4v) is 12.4. The zero-order valence-corrected chi connectivity index (χ0v) is 55.6. The van der Waals surface area contributed by atoms with Crippen LogP contribution in [0.15, 0.2) is 0 Å². The van der Waals surface area contributed by atoms with Crippen molar-refractivity contribution in [3.63, 3.8) is 0 Å². The van der Waals surface area contributed by atoms with E-state index in [1.165, 1.54) is 372 Å². The van der Waals surface area contributed by atoms with Crippen LogP contribution in [0, 0.1) is 0 Å². The number of esters is 1. The molecule has 0 rings (SSSR count). The van der Waals surface area contributed by atoms with Crippen LogP contribution in [0.4, 0.5) is 0 Å². The van der Waals surface area contributed by atoms with Crippen LogP contribution in [0.2, 0.25) is 0 Å². The van der Waals surface area contributed by atoms with Gasteiger partial charge in [-0.05, 0) is 25.7 Å². The Hall–Kier alpha value is -1.14. The van der Waals surface area contributed by atoms with Gasteiger partial charge in [-0.1, -0.05) is 406 Å². The van der Waals surface area contributed by atoms with Gasteiger partial charge in [0.15, 0.2) is 0 Å². The molecule has 0 aromatic rings. The fourth-order valence-electron chi connectivity index (χ4n) is 12.4. The summed E-state index contributed by atoms with van der Waals surface area (Å²) in [6.45, 7) is 5.00. The number of carbonyl (C=O) groups excluding carboxylic acids is 2. The molecule has 6 nitrogen and oxygen atoms in total. The van der Waals surface area contributed by atoms with Crippen molar-refractivity contribution in [3.8, 4) is 0 Å². The smallest absolute Gasteiger partial charge is 0.305 e. The highest BCUT2D eigenvalue weighted by Crippen LogP contribution is 2.20. The number of ether oxygens (including phenoxy) is 1. The highest BCUT2D eigenvalue weighted by Gasteiger charge is 2.20. The van der Waals surface area contributed by atoms with Crippen LogP contribution in [0.3, 0.4) is 0 Å². The van der Waals surface area contributed by atoms with E-state index in [4.69, 9.17) is 4.74 Å². The van der Waals surface area contributed by atoms with Crippen LogP contribution < -0.4 is 5.32 Å². The van der Waals surface area contributed by atoms with E-state index in [-0.39, 0.29) is 18.5 Å². The first-order valence-corrected chi connectivity index (χ1v) is 37.8. The predicted octanol–water partition coefficient (Wildman–Crippen LogP) is 24.5. The Morgan fingerprint density at radius 3 is 0.753 bits per heavy atom. The summed E-state index contributed by atoms with van der Waals surface area (Å²) in [5.74, 6) is 0.000448. The van der Waals surface area contributed by atoms with Gasteiger partial charge in [0.1, 0.15) is 0 Å². The standard InChI is InChI=1S/C75H149NO5/c1-3-5-7-9-11-13-15-17-44-47-51-55-59-63-67-73(78)72(71-77)76-74(79)68-64-60-56-52-48-45-41-39-37-35-33-31-29-27-25-23-21-19-18-20-22-24-26-28-30-32-34-36-38-40-42-46-50-54-58-62-66-70-81-75(80)69-65-61-57-53-49-43-16-14-12-10-8-6-4-2/h72-73,77-78H,3-71H2,1-2H3,(H,76,79). The van der Waals surface area contributed by atoms with Gasteiger partial charge >= 0.3 is 5.97 Å². The molecule has 0 aliphatic carbocycles. The first-order chi connectivity index (χ1) is 40.0. The van der Waals surface area contributed by atoms with Gasteiger partial charge in [0, 0.05) is 12.8 Å². The van der Waals surface area contributed by atoms with Gasteiger partial charge in [-0.3, -0.25) is 9.59 Å². The first kappa shape index (κ1) is 79.9. The number of aliphatic hydroxyl groups excluding tert-OH is 2. The highest BCUT2D eigenvalue weighted by molar-refractivity contribution is 5.76. The number of aliphatic hydroxyl groups is 2. The maximum absolute atomic E-state index is 12.5. The van der Waals surface area contributed by atoms with Gasteiger partial charge in [-0.25, -0.2) is 0 Å². The van der Waals surface area contributed by atoms with E-state index in [0.717, 1.165) is 38.5 Å². The van der Waals surface area contributed by atoms with E-state index >= 15 is 0 Å². The third-order valence-electron chi connectivity index (χ3n) is 18.2. The molecule has 3 N–H and O–H groups in total. The van der Waals surface area contributed by atoms with Crippen LogP contribution in [0.5, 0.6) is 0 Å². The molecule has 0 heterocycles. The number of unbranched alkanes of at least 4 members (excludes halogenated alkanes) is 61. The Kier molecular flexibility index (Phi) is 70.3. The van der Waals surface area contributed by atoms with E-state index in [0.29, 0.717) is 25.9 Å². The molecule has 0 aliphatic rings. The Balaban J connectivity index is 3.27. The largest absolute Gasteiger partial charge is 0.466 e. The quantitative estimate of drug-likeness (QED) is 0.0417. The minimum Gasteiger partial charge on any atom is -0.466 e. The molecular formula is C75H149NO5. The summed E-state index contributed by atoms with van der Waals surface area (Å²) in [5, 5.41) is 23.3. The van der Waals surface area contributed by atoms with Crippen molar-refractivity contribution >= 4 is 11.9 Å². The number of hydrogen-bond donors (Lipinski definition) is 3. The van der Waals surface area contributed by atoms with E-state index < -0.39 is 12.1 Å². The normalized spacial score (nSPS) is 12.4. The van der Waals surface area contributed by atoms with Gasteiger partial charge in [-0.15, -0.1) is 0 Å². The number of carbonyl (C=O) groups is 2. The lowest BCUT2D eigenvalue weighted by Crippen LogP contribution is -2.45. The fraction of sp³-hybridized carbons (Fsp3) is 0.973. The second kappa shape index (κ2) is 71.3. The monoisotopic (exact) mass is 1140 g/mol. The lowest BCUT2D eigenvalue weighted by Gasteiger charge is -2.22. The lowest BCUT2D eigenvalue weighted by atomic mass is 10.0. The van der Waals surface area contributed by atoms with Crippen LogP contribution in [-0.2, 0) is 14.3 Å². The minimum atomic E-state index is -0.658. The molecule has 0 bridgehead atoms. The molecule has 0 saturated carbocycles. The van der Waals surface area contributed by atoms with Crippen molar-refractivity contribution in [1.82, 2.24) is 5.32 Å². The third-order valence-corrected chi connectivity index (χ3v) is 18.2. The summed E-state index contributed by atoms with van der Waals surface area (Å²) < 4.78 is 5.50. The van der Waals surface area contributed by atoms with Crippen molar-refractivity contribution in [2.45, 2.75) is 456 Å². The average molecular weight is 1150 g/mol. The minimum absolute atomic E-state index is 0.0256. The molecule has 81 heavy (non-hydrogen) atoms. The maximum Gasteiger partial charge on any atom is 0.305 e. The van der Waals surface area contributed by atoms with E-state index in [1.54, 1.807) is 0 Å². The summed E-state index contributed by atoms with van der Waals surface area (Å²) in [6.07, 6.45) is 87.6. The number of rotatable bonds is 72. The van der Waals surface area contributed by atoms with E-state index in [2.05, 4.69) is 19.2 Å². The van der Waals surface area contributed by atoms with E-state index in [9.17, 15) is 19.8 Å². The van der Waals surface area contributed by atoms with E-state index in [1.807, 2.05) is 0 Å². The molecule has 6 heteroatoms. The molecule has 484 valence electrons. The summed E-state index contributed by atoms with van der Waals surface area (Å²) in [7, 11) is 0. The first-order valence-electron chi connectivity index (χ1n) is 37.8. The maximum atomic E-state index is 12.5. The predicted molar refractivity (Wildman–Crippen MR) is 357 cm³/mol. The Bertz CT molecular complexity index is 1180. The summed E-state index contributed by atoms with van der Waals surface area (Å²) in [4.78, 5) is 24.6. The summed E-state index contributed by atoms with van der Waals surface area (Å²) in [6, 6.07) is -0.535. The Labute approximate surface area is 508 Å². The van der Waals surface area contributed by atoms with Crippen LogP contribution in [-0.4, -0.2) is 47.4 Å². The van der Waals surface area contributed by atoms with Gasteiger partial charge in [0.2, 0.25) is 5.91 Å². The second-order valence-corrected chi connectivity index (χ2v) is 26.4. The molecular weight excluding hydrogens is 995 g/mol. The Morgan fingerprint density at radius 2 is 0.506 bits per heavy atom. The average Bonchev–Trinajstić information content (AvgIpc) is 3.47. The molecule has 2 unspecified atom stereocenters. The topological polar surface area (TPSA) is 95.9 Å². The molecule has 0 saturated heterocycles. The van der Waals surface area contributed by atoms with Gasteiger partial charge in [-0.2, -0.15) is 0 Å². The number of amides is 1. The summed E-state index contributed by atoms with van der Waals surface area (Å²) in [5.41, 5.74) is 0. The van der Waals surface area contributed by atoms with Gasteiger partial charge in [0.25, 0.3) is 0 Å². The van der Waals surface area contributed by atoms with Gasteiger partial charge < -0.3 is 20.3 Å². The van der Waals surface area contributed by atoms with Crippen molar-refractivity contribution in [1.29, 1.82) is 0 Å².